The Hall–Kier alpha value is -3.88. The maximum absolute atomic E-state index is 13.0. The van der Waals surface area contributed by atoms with E-state index in [1.54, 1.807) is 37.4 Å². The summed E-state index contributed by atoms with van der Waals surface area (Å²) in [5, 5.41) is 8.35. The third-order valence-electron chi connectivity index (χ3n) is 4.82. The van der Waals surface area contributed by atoms with E-state index >= 15 is 0 Å². The Kier molecular flexibility index (Phi) is 9.70. The summed E-state index contributed by atoms with van der Waals surface area (Å²) in [6, 6.07) is 16.1. The SMILES string of the molecule is CN=C(N)NCCC[C@@H](NC(=O)c1ccccc1)C(=O)N[C@H](Cc1ccccc1)C(N)=O. The number of rotatable bonds is 11. The lowest BCUT2D eigenvalue weighted by Gasteiger charge is -2.22. The Balaban J connectivity index is 2.07. The molecule has 2 atom stereocenters. The molecule has 0 unspecified atom stereocenters. The lowest BCUT2D eigenvalue weighted by atomic mass is 10.0. The number of carbonyl (C=O) groups is 3. The first-order chi connectivity index (χ1) is 15.4. The molecule has 0 heterocycles. The zero-order valence-electron chi connectivity index (χ0n) is 18.1. The van der Waals surface area contributed by atoms with Crippen LogP contribution >= 0.6 is 0 Å². The molecule has 2 rings (SSSR count). The number of hydrogen-bond donors (Lipinski definition) is 5. The summed E-state index contributed by atoms with van der Waals surface area (Å²) in [5.41, 5.74) is 12.4. The second kappa shape index (κ2) is 12.7. The van der Waals surface area contributed by atoms with Crippen LogP contribution in [-0.2, 0) is 16.0 Å². The number of hydrogen-bond acceptors (Lipinski definition) is 4. The molecule has 0 saturated carbocycles. The van der Waals surface area contributed by atoms with Crippen molar-refractivity contribution in [3.05, 3.63) is 71.8 Å². The van der Waals surface area contributed by atoms with E-state index in [2.05, 4.69) is 20.9 Å². The largest absolute Gasteiger partial charge is 0.370 e. The van der Waals surface area contributed by atoms with Crippen LogP contribution in [0.25, 0.3) is 0 Å². The first-order valence-corrected chi connectivity index (χ1v) is 10.4. The minimum Gasteiger partial charge on any atom is -0.370 e. The maximum Gasteiger partial charge on any atom is 0.251 e. The van der Waals surface area contributed by atoms with E-state index in [-0.39, 0.29) is 18.3 Å². The molecule has 9 heteroatoms. The van der Waals surface area contributed by atoms with Crippen LogP contribution in [0.5, 0.6) is 0 Å². The van der Waals surface area contributed by atoms with Crippen LogP contribution in [0.3, 0.4) is 0 Å². The van der Waals surface area contributed by atoms with E-state index in [1.165, 1.54) is 0 Å². The fraction of sp³-hybridized carbons (Fsp3) is 0.304. The van der Waals surface area contributed by atoms with Crippen molar-refractivity contribution in [3.63, 3.8) is 0 Å². The van der Waals surface area contributed by atoms with E-state index in [0.717, 1.165) is 5.56 Å². The molecule has 2 aromatic rings. The average Bonchev–Trinajstić information content (AvgIpc) is 2.81. The predicted molar refractivity (Wildman–Crippen MR) is 124 cm³/mol. The van der Waals surface area contributed by atoms with E-state index in [9.17, 15) is 14.4 Å². The van der Waals surface area contributed by atoms with Gasteiger partial charge in [0.05, 0.1) is 0 Å². The average molecular weight is 439 g/mol. The Morgan fingerprint density at radius 1 is 0.906 bits per heavy atom. The molecule has 0 fully saturated rings. The molecular formula is C23H30N6O3. The summed E-state index contributed by atoms with van der Waals surface area (Å²) in [4.78, 5) is 41.4. The Bertz CT molecular complexity index is 918. The molecule has 0 radical (unpaired) electrons. The second-order valence-corrected chi connectivity index (χ2v) is 7.22. The topological polar surface area (TPSA) is 152 Å². The van der Waals surface area contributed by atoms with Gasteiger partial charge in [-0.1, -0.05) is 48.5 Å². The van der Waals surface area contributed by atoms with Crippen molar-refractivity contribution < 1.29 is 14.4 Å². The van der Waals surface area contributed by atoms with Crippen LogP contribution < -0.4 is 27.4 Å². The molecule has 7 N–H and O–H groups in total. The standard InChI is InChI=1S/C23H30N6O3/c1-26-23(25)27-14-8-13-18(28-21(31)17-11-6-3-7-12-17)22(32)29-19(20(24)30)15-16-9-4-2-5-10-16/h2-7,9-12,18-19H,8,13-15H2,1H3,(H2,24,30)(H,28,31)(H,29,32)(H3,25,26,27)/t18-,19-/m1/s1. The molecule has 32 heavy (non-hydrogen) atoms. The fourth-order valence-electron chi connectivity index (χ4n) is 3.05. The van der Waals surface area contributed by atoms with Crippen molar-refractivity contribution in [1.29, 1.82) is 0 Å². The zero-order valence-corrected chi connectivity index (χ0v) is 18.1. The Morgan fingerprint density at radius 2 is 1.53 bits per heavy atom. The third-order valence-corrected chi connectivity index (χ3v) is 4.82. The molecule has 0 aromatic heterocycles. The van der Waals surface area contributed by atoms with E-state index in [0.29, 0.717) is 24.9 Å². The molecule has 3 amide bonds. The van der Waals surface area contributed by atoms with Gasteiger partial charge < -0.3 is 27.4 Å². The van der Waals surface area contributed by atoms with E-state index < -0.39 is 23.9 Å². The van der Waals surface area contributed by atoms with Gasteiger partial charge in [0.2, 0.25) is 11.8 Å². The van der Waals surface area contributed by atoms with Gasteiger partial charge in [-0.05, 0) is 30.5 Å². The monoisotopic (exact) mass is 438 g/mol. The van der Waals surface area contributed by atoms with Crippen LogP contribution in [0.2, 0.25) is 0 Å². The van der Waals surface area contributed by atoms with Crippen LogP contribution in [0.4, 0.5) is 0 Å². The van der Waals surface area contributed by atoms with Gasteiger partial charge in [0.25, 0.3) is 5.91 Å². The van der Waals surface area contributed by atoms with Gasteiger partial charge in [-0.25, -0.2) is 0 Å². The number of nitrogens with two attached hydrogens (primary N) is 2. The molecule has 2 aromatic carbocycles. The van der Waals surface area contributed by atoms with Crippen LogP contribution in [0.15, 0.2) is 65.7 Å². The summed E-state index contributed by atoms with van der Waals surface area (Å²) in [6.07, 6.45) is 1.11. The molecule has 0 saturated heterocycles. The number of primary amides is 1. The van der Waals surface area contributed by atoms with Crippen LogP contribution in [-0.4, -0.2) is 49.4 Å². The highest BCUT2D eigenvalue weighted by Crippen LogP contribution is 2.06. The van der Waals surface area contributed by atoms with Gasteiger partial charge in [0.15, 0.2) is 5.96 Å². The molecule has 0 bridgehead atoms. The highest BCUT2D eigenvalue weighted by molar-refractivity contribution is 5.98. The Labute approximate surface area is 187 Å². The van der Waals surface area contributed by atoms with E-state index in [1.807, 2.05) is 30.3 Å². The van der Waals surface area contributed by atoms with Gasteiger partial charge in [-0.3, -0.25) is 19.4 Å². The van der Waals surface area contributed by atoms with Crippen LogP contribution in [0, 0.1) is 0 Å². The first-order valence-electron chi connectivity index (χ1n) is 10.4. The summed E-state index contributed by atoms with van der Waals surface area (Å²) < 4.78 is 0. The summed E-state index contributed by atoms with van der Waals surface area (Å²) in [5.74, 6) is -1.22. The number of aliphatic imine (C=N–C) groups is 1. The van der Waals surface area contributed by atoms with Gasteiger partial charge in [-0.15, -0.1) is 0 Å². The molecule has 0 spiro atoms. The van der Waals surface area contributed by atoms with Crippen molar-refractivity contribution in [1.82, 2.24) is 16.0 Å². The van der Waals surface area contributed by atoms with Gasteiger partial charge >= 0.3 is 0 Å². The summed E-state index contributed by atoms with van der Waals surface area (Å²) in [6.45, 7) is 0.470. The normalized spacial score (nSPS) is 13.0. The molecule has 9 nitrogen and oxygen atoms in total. The summed E-state index contributed by atoms with van der Waals surface area (Å²) in [7, 11) is 1.56. The number of benzene rings is 2. The maximum atomic E-state index is 13.0. The molecule has 0 aliphatic carbocycles. The Morgan fingerprint density at radius 3 is 2.12 bits per heavy atom. The number of guanidine groups is 1. The molecule has 0 aliphatic heterocycles. The first kappa shape index (κ1) is 24.4. The lowest BCUT2D eigenvalue weighted by molar-refractivity contribution is -0.128. The van der Waals surface area contributed by atoms with Crippen molar-refractivity contribution in [2.75, 3.05) is 13.6 Å². The van der Waals surface area contributed by atoms with Crippen molar-refractivity contribution in [2.24, 2.45) is 16.5 Å². The van der Waals surface area contributed by atoms with Crippen molar-refractivity contribution in [3.8, 4) is 0 Å². The zero-order chi connectivity index (χ0) is 23.3. The van der Waals surface area contributed by atoms with Gasteiger partial charge in [0.1, 0.15) is 12.1 Å². The second-order valence-electron chi connectivity index (χ2n) is 7.22. The minimum absolute atomic E-state index is 0.256. The molecular weight excluding hydrogens is 408 g/mol. The smallest absolute Gasteiger partial charge is 0.251 e. The fourth-order valence-corrected chi connectivity index (χ4v) is 3.05. The number of amides is 3. The van der Waals surface area contributed by atoms with Crippen LogP contribution in [0.1, 0.15) is 28.8 Å². The predicted octanol–water partition coefficient (Wildman–Crippen LogP) is 0.312. The van der Waals surface area contributed by atoms with Gasteiger partial charge in [-0.2, -0.15) is 0 Å². The molecule has 0 aliphatic rings. The highest BCUT2D eigenvalue weighted by atomic mass is 16.2. The van der Waals surface area contributed by atoms with Crippen molar-refractivity contribution in [2.45, 2.75) is 31.3 Å². The lowest BCUT2D eigenvalue weighted by Crippen LogP contribution is -2.53. The minimum atomic E-state index is -0.901. The van der Waals surface area contributed by atoms with E-state index in [4.69, 9.17) is 11.5 Å². The van der Waals surface area contributed by atoms with Gasteiger partial charge in [0, 0.05) is 25.6 Å². The molecule has 170 valence electrons. The highest BCUT2D eigenvalue weighted by Gasteiger charge is 2.26. The van der Waals surface area contributed by atoms with Crippen molar-refractivity contribution >= 4 is 23.7 Å². The third kappa shape index (κ3) is 8.10. The number of nitrogens with zero attached hydrogens (tertiary/aromatic N) is 1. The quantitative estimate of drug-likeness (QED) is 0.194. The number of nitrogens with one attached hydrogen (secondary N) is 3. The summed E-state index contributed by atoms with van der Waals surface area (Å²) >= 11 is 0. The number of carbonyl (C=O) groups excluding carboxylic acids is 3.